The van der Waals surface area contributed by atoms with Crippen LogP contribution in [0.2, 0.25) is 0 Å². The topological polar surface area (TPSA) is 61.9 Å². The summed E-state index contributed by atoms with van der Waals surface area (Å²) in [7, 11) is 1.60. The van der Waals surface area contributed by atoms with Gasteiger partial charge in [-0.3, -0.25) is 9.69 Å². The molecule has 0 saturated carbocycles. The number of ether oxygens (including phenoxy) is 1. The average Bonchev–Trinajstić information content (AvgIpc) is 2.74. The molecule has 0 fully saturated rings. The highest BCUT2D eigenvalue weighted by molar-refractivity contribution is 6.06. The van der Waals surface area contributed by atoms with Gasteiger partial charge in [-0.1, -0.05) is 30.3 Å². The van der Waals surface area contributed by atoms with Crippen molar-refractivity contribution in [1.82, 2.24) is 9.80 Å². The molecule has 0 radical (unpaired) electrons. The summed E-state index contributed by atoms with van der Waals surface area (Å²) in [6.07, 6.45) is 0. The molecule has 1 unspecified atom stereocenters. The standard InChI is InChI=1S/C23H27N3O3/c1-5-25-16(3)20(22(27)24-18-12-8-7-9-13-18)21(26(6-2)23(25)28)17-11-10-14-19(15-17)29-4/h7-15,21H,5-6H2,1-4H3,(H,24,27). The van der Waals surface area contributed by atoms with Crippen LogP contribution in [0.3, 0.4) is 0 Å². The van der Waals surface area contributed by atoms with Gasteiger partial charge < -0.3 is 15.0 Å². The first-order chi connectivity index (χ1) is 14.0. The Bertz CT molecular complexity index is 924. The van der Waals surface area contributed by atoms with Gasteiger partial charge in [0.25, 0.3) is 5.91 Å². The van der Waals surface area contributed by atoms with E-state index in [0.717, 1.165) is 5.56 Å². The molecule has 6 nitrogen and oxygen atoms in total. The molecule has 1 heterocycles. The fourth-order valence-corrected chi connectivity index (χ4v) is 3.76. The van der Waals surface area contributed by atoms with Crippen molar-refractivity contribution < 1.29 is 14.3 Å². The maximum absolute atomic E-state index is 13.4. The first-order valence-corrected chi connectivity index (χ1v) is 9.81. The molecule has 3 amide bonds. The van der Waals surface area contributed by atoms with Crippen LogP contribution >= 0.6 is 0 Å². The number of urea groups is 1. The van der Waals surface area contributed by atoms with Crippen LogP contribution in [0.15, 0.2) is 65.9 Å². The minimum Gasteiger partial charge on any atom is -0.497 e. The number of hydrogen-bond donors (Lipinski definition) is 1. The number of allylic oxidation sites excluding steroid dienone is 1. The quantitative estimate of drug-likeness (QED) is 0.790. The molecule has 29 heavy (non-hydrogen) atoms. The van der Waals surface area contributed by atoms with Gasteiger partial charge in [-0.15, -0.1) is 0 Å². The third-order valence-corrected chi connectivity index (χ3v) is 5.20. The molecular weight excluding hydrogens is 366 g/mol. The van der Waals surface area contributed by atoms with E-state index < -0.39 is 6.04 Å². The van der Waals surface area contributed by atoms with Crippen LogP contribution in [-0.4, -0.2) is 41.9 Å². The Kier molecular flexibility index (Phi) is 6.22. The molecule has 0 aromatic heterocycles. The Labute approximate surface area is 171 Å². The second-order valence-corrected chi connectivity index (χ2v) is 6.81. The number of para-hydroxylation sites is 1. The van der Waals surface area contributed by atoms with E-state index in [1.807, 2.05) is 75.4 Å². The highest BCUT2D eigenvalue weighted by Crippen LogP contribution is 2.38. The zero-order chi connectivity index (χ0) is 21.0. The van der Waals surface area contributed by atoms with Crippen molar-refractivity contribution in [1.29, 1.82) is 0 Å². The number of anilines is 1. The van der Waals surface area contributed by atoms with Crippen molar-refractivity contribution in [3.05, 3.63) is 71.4 Å². The smallest absolute Gasteiger partial charge is 0.324 e. The van der Waals surface area contributed by atoms with Gasteiger partial charge in [-0.2, -0.15) is 0 Å². The third-order valence-electron chi connectivity index (χ3n) is 5.20. The number of hydrogen-bond acceptors (Lipinski definition) is 3. The van der Waals surface area contributed by atoms with Crippen LogP contribution in [0, 0.1) is 0 Å². The lowest BCUT2D eigenvalue weighted by molar-refractivity contribution is -0.113. The average molecular weight is 393 g/mol. The second kappa shape index (κ2) is 8.82. The number of carbonyl (C=O) groups is 2. The minimum atomic E-state index is -0.492. The zero-order valence-electron chi connectivity index (χ0n) is 17.3. The van der Waals surface area contributed by atoms with Crippen molar-refractivity contribution in [3.63, 3.8) is 0 Å². The van der Waals surface area contributed by atoms with Crippen LogP contribution in [0.25, 0.3) is 0 Å². The van der Waals surface area contributed by atoms with Gasteiger partial charge in [0.1, 0.15) is 5.75 Å². The summed E-state index contributed by atoms with van der Waals surface area (Å²) in [5, 5.41) is 2.98. The maximum atomic E-state index is 13.4. The minimum absolute atomic E-state index is 0.100. The largest absolute Gasteiger partial charge is 0.497 e. The van der Waals surface area contributed by atoms with Crippen molar-refractivity contribution >= 4 is 17.6 Å². The SMILES string of the molecule is CCN1C(=O)N(CC)C(c2cccc(OC)c2)C(C(=O)Nc2ccccc2)=C1C. The summed E-state index contributed by atoms with van der Waals surface area (Å²) in [6.45, 7) is 6.64. The summed E-state index contributed by atoms with van der Waals surface area (Å²) in [4.78, 5) is 29.9. The summed E-state index contributed by atoms with van der Waals surface area (Å²) < 4.78 is 5.37. The van der Waals surface area contributed by atoms with Crippen molar-refractivity contribution in [3.8, 4) is 5.75 Å². The van der Waals surface area contributed by atoms with E-state index >= 15 is 0 Å². The molecule has 1 atom stereocenters. The molecule has 0 saturated heterocycles. The van der Waals surface area contributed by atoms with Crippen LogP contribution in [0.5, 0.6) is 5.75 Å². The molecule has 0 aliphatic carbocycles. The maximum Gasteiger partial charge on any atom is 0.324 e. The van der Waals surface area contributed by atoms with Crippen LogP contribution < -0.4 is 10.1 Å². The van der Waals surface area contributed by atoms with Gasteiger partial charge >= 0.3 is 6.03 Å². The monoisotopic (exact) mass is 393 g/mol. The Balaban J connectivity index is 2.12. The molecular formula is C23H27N3O3. The lowest BCUT2D eigenvalue weighted by atomic mass is 9.92. The molecule has 3 rings (SSSR count). The Hall–Kier alpha value is -3.28. The van der Waals surface area contributed by atoms with Crippen molar-refractivity contribution in [2.24, 2.45) is 0 Å². The number of carbonyl (C=O) groups excluding carboxylic acids is 2. The Morgan fingerprint density at radius 2 is 1.79 bits per heavy atom. The highest BCUT2D eigenvalue weighted by atomic mass is 16.5. The van der Waals surface area contributed by atoms with E-state index in [0.29, 0.717) is 35.8 Å². The lowest BCUT2D eigenvalue weighted by Crippen LogP contribution is -2.50. The van der Waals surface area contributed by atoms with Gasteiger partial charge in [-0.25, -0.2) is 4.79 Å². The fourth-order valence-electron chi connectivity index (χ4n) is 3.76. The van der Waals surface area contributed by atoms with Gasteiger partial charge in [-0.05, 0) is 50.6 Å². The fraction of sp³-hybridized carbons (Fsp3) is 0.304. The zero-order valence-corrected chi connectivity index (χ0v) is 17.3. The molecule has 6 heteroatoms. The number of amides is 3. The second-order valence-electron chi connectivity index (χ2n) is 6.81. The van der Waals surface area contributed by atoms with Crippen LogP contribution in [-0.2, 0) is 4.79 Å². The van der Waals surface area contributed by atoms with Crippen molar-refractivity contribution in [2.45, 2.75) is 26.8 Å². The number of nitrogens with one attached hydrogen (secondary N) is 1. The number of rotatable bonds is 6. The number of benzene rings is 2. The number of methoxy groups -OCH3 is 1. The van der Waals surface area contributed by atoms with E-state index in [1.165, 1.54) is 0 Å². The summed E-state index contributed by atoms with van der Waals surface area (Å²) in [6, 6.07) is 16.3. The van der Waals surface area contributed by atoms with E-state index in [-0.39, 0.29) is 11.9 Å². The van der Waals surface area contributed by atoms with Crippen LogP contribution in [0.4, 0.5) is 10.5 Å². The lowest BCUT2D eigenvalue weighted by Gasteiger charge is -2.42. The van der Waals surface area contributed by atoms with E-state index in [9.17, 15) is 9.59 Å². The predicted octanol–water partition coefficient (Wildman–Crippen LogP) is 4.43. The number of nitrogens with zero attached hydrogens (tertiary/aromatic N) is 2. The first-order valence-electron chi connectivity index (χ1n) is 9.81. The molecule has 2 aromatic carbocycles. The molecule has 0 bridgehead atoms. The third kappa shape index (κ3) is 3.97. The number of likely N-dealkylation sites (N-methyl/N-ethyl adjacent to an activating group) is 1. The molecule has 1 aliphatic rings. The summed E-state index contributed by atoms with van der Waals surface area (Å²) in [5.74, 6) is 0.468. The van der Waals surface area contributed by atoms with E-state index in [2.05, 4.69) is 5.32 Å². The van der Waals surface area contributed by atoms with Gasteiger partial charge in [0.15, 0.2) is 0 Å². The summed E-state index contributed by atoms with van der Waals surface area (Å²) >= 11 is 0. The van der Waals surface area contributed by atoms with Gasteiger partial charge in [0.05, 0.1) is 18.7 Å². The molecule has 2 aromatic rings. The Morgan fingerprint density at radius 1 is 1.07 bits per heavy atom. The normalized spacial score (nSPS) is 16.8. The van der Waals surface area contributed by atoms with Crippen molar-refractivity contribution in [2.75, 3.05) is 25.5 Å². The highest BCUT2D eigenvalue weighted by Gasteiger charge is 2.40. The van der Waals surface area contributed by atoms with Gasteiger partial charge in [0, 0.05) is 24.5 Å². The van der Waals surface area contributed by atoms with Crippen LogP contribution in [0.1, 0.15) is 32.4 Å². The predicted molar refractivity (Wildman–Crippen MR) is 114 cm³/mol. The molecule has 1 N–H and O–H groups in total. The van der Waals surface area contributed by atoms with E-state index in [1.54, 1.807) is 16.9 Å². The molecule has 1 aliphatic heterocycles. The first kappa shape index (κ1) is 20.5. The van der Waals surface area contributed by atoms with Gasteiger partial charge in [0.2, 0.25) is 0 Å². The van der Waals surface area contributed by atoms with E-state index in [4.69, 9.17) is 4.74 Å². The summed E-state index contributed by atoms with van der Waals surface area (Å²) in [5.41, 5.74) is 2.78. The molecule has 0 spiro atoms. The molecule has 152 valence electrons. The Morgan fingerprint density at radius 3 is 2.41 bits per heavy atom.